The Morgan fingerprint density at radius 3 is 2.72 bits per heavy atom. The molecule has 2 saturated heterocycles. The van der Waals surface area contributed by atoms with Crippen LogP contribution in [0.1, 0.15) is 59.1 Å². The van der Waals surface area contributed by atoms with E-state index in [1.165, 1.54) is 10.5 Å². The summed E-state index contributed by atoms with van der Waals surface area (Å²) in [4.78, 5) is 22.3. The Kier molecular flexibility index (Phi) is 9.59. The monoisotopic (exact) mass is 596 g/mol. The molecule has 8 nitrogen and oxygen atoms in total. The van der Waals surface area contributed by atoms with Crippen LogP contribution < -0.4 is 5.32 Å². The van der Waals surface area contributed by atoms with E-state index < -0.39 is 15.3 Å². The first-order chi connectivity index (χ1) is 18.4. The molecule has 0 aromatic carbocycles. The summed E-state index contributed by atoms with van der Waals surface area (Å²) in [7, 11) is -3.40. The van der Waals surface area contributed by atoms with Gasteiger partial charge in [-0.05, 0) is 77.5 Å². The molecule has 2 fully saturated rings. The van der Waals surface area contributed by atoms with Gasteiger partial charge in [-0.2, -0.15) is 0 Å². The number of sulfonamides is 1. The normalized spacial score (nSPS) is 22.1. The summed E-state index contributed by atoms with van der Waals surface area (Å²) in [5.74, 6) is 0.770. The molecule has 0 saturated carbocycles. The molecule has 4 rings (SSSR count). The van der Waals surface area contributed by atoms with Crippen LogP contribution in [0.25, 0.3) is 11.3 Å². The third-order valence-corrected chi connectivity index (χ3v) is 10.4. The maximum Gasteiger partial charge on any atom is 0.216 e. The number of hydrogen-bond donors (Lipinski definition) is 1. The lowest BCUT2D eigenvalue weighted by molar-refractivity contribution is -0.123. The number of nitrogens with one attached hydrogen (secondary N) is 1. The van der Waals surface area contributed by atoms with Crippen LogP contribution in [0.5, 0.6) is 0 Å². The molecule has 0 radical (unpaired) electrons. The van der Waals surface area contributed by atoms with Crippen LogP contribution in [0.4, 0.5) is 5.82 Å². The van der Waals surface area contributed by atoms with Gasteiger partial charge in [0.15, 0.2) is 0 Å². The van der Waals surface area contributed by atoms with Gasteiger partial charge in [0.2, 0.25) is 10.0 Å². The van der Waals surface area contributed by atoms with Crippen molar-refractivity contribution in [1.29, 1.82) is 0 Å². The van der Waals surface area contributed by atoms with Crippen LogP contribution in [-0.4, -0.2) is 65.6 Å². The van der Waals surface area contributed by atoms with E-state index in [2.05, 4.69) is 24.1 Å². The van der Waals surface area contributed by atoms with Gasteiger partial charge in [0.05, 0.1) is 26.6 Å². The van der Waals surface area contributed by atoms with Crippen molar-refractivity contribution in [2.75, 3.05) is 31.6 Å². The smallest absolute Gasteiger partial charge is 0.216 e. The predicted octanol–water partition coefficient (Wildman–Crippen LogP) is 5.63. The fourth-order valence-corrected chi connectivity index (χ4v) is 7.10. The second kappa shape index (κ2) is 12.4. The summed E-state index contributed by atoms with van der Waals surface area (Å²) < 4.78 is 32.5. The first-order valence-electron chi connectivity index (χ1n) is 13.6. The zero-order chi connectivity index (χ0) is 28.4. The van der Waals surface area contributed by atoms with Gasteiger partial charge in [-0.15, -0.1) is 0 Å². The molecular formula is C28H38Cl2N4O4S. The first kappa shape index (κ1) is 30.2. The molecule has 2 aliphatic rings. The molecule has 2 aliphatic heterocycles. The number of piperidine rings is 1. The number of aromatic nitrogens is 2. The quantitative estimate of drug-likeness (QED) is 0.400. The topological polar surface area (TPSA) is 101 Å². The van der Waals surface area contributed by atoms with Crippen molar-refractivity contribution in [2.24, 2.45) is 11.8 Å². The van der Waals surface area contributed by atoms with Crippen LogP contribution in [-0.2, 0) is 26.0 Å². The highest BCUT2D eigenvalue weighted by Gasteiger charge is 2.34. The van der Waals surface area contributed by atoms with Gasteiger partial charge in [0, 0.05) is 56.0 Å². The maximum atomic E-state index is 13.2. The lowest BCUT2D eigenvalue weighted by Crippen LogP contribution is -2.45. The minimum atomic E-state index is -3.40. The number of rotatable bonds is 9. The van der Waals surface area contributed by atoms with E-state index in [1.807, 2.05) is 6.07 Å². The molecule has 2 atom stereocenters. The third-order valence-electron chi connectivity index (χ3n) is 7.53. The number of carbonyl (C=O) groups excluding carboxylic acids is 1. The van der Waals surface area contributed by atoms with E-state index in [0.29, 0.717) is 58.1 Å². The molecular weight excluding hydrogens is 559 g/mol. The highest BCUT2D eigenvalue weighted by Crippen LogP contribution is 2.34. The van der Waals surface area contributed by atoms with Crippen molar-refractivity contribution in [2.45, 2.75) is 70.7 Å². The number of ketones is 1. The highest BCUT2D eigenvalue weighted by atomic mass is 35.5. The molecule has 11 heteroatoms. The maximum absolute atomic E-state index is 13.2. The molecule has 2 aromatic rings. The van der Waals surface area contributed by atoms with E-state index in [0.717, 1.165) is 26.0 Å². The number of pyridine rings is 2. The van der Waals surface area contributed by atoms with E-state index in [-0.39, 0.29) is 30.3 Å². The number of hydrogen-bond acceptors (Lipinski definition) is 7. The van der Waals surface area contributed by atoms with Crippen LogP contribution in [0.2, 0.25) is 10.0 Å². The Balaban J connectivity index is 1.47. The van der Waals surface area contributed by atoms with Crippen molar-refractivity contribution in [3.8, 4) is 11.3 Å². The molecule has 0 amide bonds. The number of carbonyl (C=O) groups is 1. The SMILES string of the molecule is CC(C)S(=O)(=O)N1CCC[C@H](C(=O)Cc2cc(-c3nc(NC[C@H]4CCOC(C)(C)C4)ccc3Cl)c(Cl)cn2)C1. The Bertz CT molecular complexity index is 1300. The summed E-state index contributed by atoms with van der Waals surface area (Å²) in [6.45, 7) is 9.74. The van der Waals surface area contributed by atoms with Crippen molar-refractivity contribution in [3.05, 3.63) is 40.1 Å². The van der Waals surface area contributed by atoms with E-state index in [4.69, 9.17) is 32.9 Å². The Morgan fingerprint density at radius 2 is 2.00 bits per heavy atom. The second-order valence-corrected chi connectivity index (χ2v) is 14.8. The minimum absolute atomic E-state index is 0.0340. The number of anilines is 1. The zero-order valence-corrected chi connectivity index (χ0v) is 25.4. The first-order valence-corrected chi connectivity index (χ1v) is 15.8. The van der Waals surface area contributed by atoms with Gasteiger partial charge >= 0.3 is 0 Å². The van der Waals surface area contributed by atoms with Gasteiger partial charge in [-0.25, -0.2) is 17.7 Å². The van der Waals surface area contributed by atoms with E-state index >= 15 is 0 Å². The summed E-state index contributed by atoms with van der Waals surface area (Å²) in [5, 5.41) is 3.74. The van der Waals surface area contributed by atoms with Gasteiger partial charge < -0.3 is 10.1 Å². The predicted molar refractivity (Wildman–Crippen MR) is 156 cm³/mol. The minimum Gasteiger partial charge on any atom is -0.376 e. The standard InChI is InChI=1S/C28H38Cl2N4O4S/c1-18(2)39(36,37)34-10-5-6-20(17-34)25(35)13-21-12-22(24(30)16-31-21)27-23(29)7-8-26(33-27)32-15-19-9-11-38-28(3,4)14-19/h7-8,12,16,18-20H,5-6,9-11,13-15,17H2,1-4H3,(H,32,33)/t19-,20-/m0/s1. The average molecular weight is 598 g/mol. The summed E-state index contributed by atoms with van der Waals surface area (Å²) in [6.07, 6.45) is 4.88. The summed E-state index contributed by atoms with van der Waals surface area (Å²) in [5.41, 5.74) is 1.54. The van der Waals surface area contributed by atoms with Crippen LogP contribution >= 0.6 is 23.2 Å². The second-order valence-electron chi connectivity index (χ2n) is 11.5. The van der Waals surface area contributed by atoms with Crippen molar-refractivity contribution in [1.82, 2.24) is 14.3 Å². The van der Waals surface area contributed by atoms with Crippen molar-refractivity contribution >= 4 is 44.8 Å². The van der Waals surface area contributed by atoms with Crippen LogP contribution in [0.15, 0.2) is 24.4 Å². The number of Topliss-reactive ketones (excluding diaryl/α,β-unsaturated/α-hetero) is 1. The lowest BCUT2D eigenvalue weighted by atomic mass is 9.88. The molecule has 39 heavy (non-hydrogen) atoms. The Labute approximate surface area is 241 Å². The molecule has 0 bridgehead atoms. The van der Waals surface area contributed by atoms with Crippen LogP contribution in [0.3, 0.4) is 0 Å². The van der Waals surface area contributed by atoms with Gasteiger partial charge in [0.25, 0.3) is 0 Å². The highest BCUT2D eigenvalue weighted by molar-refractivity contribution is 7.89. The van der Waals surface area contributed by atoms with Gasteiger partial charge in [0.1, 0.15) is 11.6 Å². The Morgan fingerprint density at radius 1 is 1.23 bits per heavy atom. The fourth-order valence-electron chi connectivity index (χ4n) is 5.33. The van der Waals surface area contributed by atoms with Crippen molar-refractivity contribution in [3.63, 3.8) is 0 Å². The fraction of sp³-hybridized carbons (Fsp3) is 0.607. The van der Waals surface area contributed by atoms with Crippen molar-refractivity contribution < 1.29 is 17.9 Å². The molecule has 0 spiro atoms. The molecule has 4 heterocycles. The lowest BCUT2D eigenvalue weighted by Gasteiger charge is -2.35. The molecule has 0 unspecified atom stereocenters. The molecule has 0 aliphatic carbocycles. The summed E-state index contributed by atoms with van der Waals surface area (Å²) in [6, 6.07) is 5.38. The third kappa shape index (κ3) is 7.50. The molecule has 214 valence electrons. The van der Waals surface area contributed by atoms with E-state index in [1.54, 1.807) is 26.0 Å². The largest absolute Gasteiger partial charge is 0.376 e. The molecule has 1 N–H and O–H groups in total. The number of halogens is 2. The van der Waals surface area contributed by atoms with E-state index in [9.17, 15) is 13.2 Å². The molecule has 2 aromatic heterocycles. The van der Waals surface area contributed by atoms with Gasteiger partial charge in [-0.3, -0.25) is 9.78 Å². The zero-order valence-electron chi connectivity index (χ0n) is 23.0. The Hall–Kier alpha value is -1.78. The number of ether oxygens (including phenoxy) is 1. The summed E-state index contributed by atoms with van der Waals surface area (Å²) >= 11 is 13.1. The average Bonchev–Trinajstić information content (AvgIpc) is 2.89. The number of nitrogens with zero attached hydrogens (tertiary/aromatic N) is 3. The van der Waals surface area contributed by atoms with Crippen LogP contribution in [0, 0.1) is 11.8 Å². The van der Waals surface area contributed by atoms with Gasteiger partial charge in [-0.1, -0.05) is 23.2 Å².